The number of pyridine rings is 1. The number of rotatable bonds is 5. The van der Waals surface area contributed by atoms with Gasteiger partial charge in [0.05, 0.1) is 5.02 Å². The molecule has 0 spiro atoms. The highest BCUT2D eigenvalue weighted by Crippen LogP contribution is 2.22. The zero-order valence-electron chi connectivity index (χ0n) is 10.7. The number of hydrogen-bond acceptors (Lipinski definition) is 2. The Morgan fingerprint density at radius 3 is 2.55 bits per heavy atom. The van der Waals surface area contributed by atoms with E-state index in [2.05, 4.69) is 4.98 Å². The molecule has 112 valence electrons. The van der Waals surface area contributed by atoms with Crippen LogP contribution in [-0.2, 0) is 0 Å². The second kappa shape index (κ2) is 7.13. The van der Waals surface area contributed by atoms with Crippen molar-refractivity contribution in [2.45, 2.75) is 25.9 Å². The van der Waals surface area contributed by atoms with E-state index in [1.165, 1.54) is 12.1 Å². The Kier molecular flexibility index (Phi) is 6.07. The second-order valence-electron chi connectivity index (χ2n) is 4.16. The average molecular weight is 329 g/mol. The molecule has 0 atom stereocenters. The fraction of sp³-hybridized carbons (Fsp3) is 0.500. The molecule has 8 heteroatoms. The predicted molar refractivity (Wildman–Crippen MR) is 71.1 cm³/mol. The smallest absolute Gasteiger partial charge is 0.328 e. The Morgan fingerprint density at radius 1 is 1.35 bits per heavy atom. The van der Waals surface area contributed by atoms with Crippen LogP contribution in [0.4, 0.5) is 13.2 Å². The molecule has 1 aromatic heterocycles. The molecule has 1 rings (SSSR count). The first-order chi connectivity index (χ1) is 9.24. The fourth-order valence-electron chi connectivity index (χ4n) is 1.54. The van der Waals surface area contributed by atoms with Gasteiger partial charge in [-0.2, -0.15) is 13.2 Å². The maximum atomic E-state index is 12.5. The van der Waals surface area contributed by atoms with Crippen LogP contribution >= 0.6 is 23.2 Å². The topological polar surface area (TPSA) is 33.2 Å². The molecule has 0 aliphatic carbocycles. The minimum Gasteiger partial charge on any atom is -0.328 e. The number of amides is 1. The highest BCUT2D eigenvalue weighted by Gasteiger charge is 2.34. The van der Waals surface area contributed by atoms with Gasteiger partial charge in [0.25, 0.3) is 5.91 Å². The number of carbonyl (C=O) groups excluding carboxylic acids is 1. The van der Waals surface area contributed by atoms with Crippen molar-refractivity contribution in [1.82, 2.24) is 9.88 Å². The zero-order valence-corrected chi connectivity index (χ0v) is 12.2. The average Bonchev–Trinajstić information content (AvgIpc) is 2.35. The first-order valence-corrected chi connectivity index (χ1v) is 6.68. The summed E-state index contributed by atoms with van der Waals surface area (Å²) in [6, 6.07) is 2.69. The molecular weight excluding hydrogens is 316 g/mol. The summed E-state index contributed by atoms with van der Waals surface area (Å²) in [7, 11) is 0. The molecule has 0 aliphatic heterocycles. The first kappa shape index (κ1) is 17.0. The lowest BCUT2D eigenvalue weighted by Crippen LogP contribution is -2.40. The van der Waals surface area contributed by atoms with Crippen molar-refractivity contribution in [3.8, 4) is 0 Å². The number of nitrogens with zero attached hydrogens (tertiary/aromatic N) is 2. The van der Waals surface area contributed by atoms with Crippen LogP contribution in [0.5, 0.6) is 0 Å². The molecule has 0 aromatic carbocycles. The molecule has 0 aliphatic rings. The van der Waals surface area contributed by atoms with Crippen molar-refractivity contribution in [3.05, 3.63) is 28.0 Å². The van der Waals surface area contributed by atoms with E-state index in [-0.39, 0.29) is 22.4 Å². The summed E-state index contributed by atoms with van der Waals surface area (Å²) in [4.78, 5) is 16.5. The van der Waals surface area contributed by atoms with Gasteiger partial charge in [-0.05, 0) is 18.6 Å². The number of halogens is 5. The monoisotopic (exact) mass is 328 g/mol. The summed E-state index contributed by atoms with van der Waals surface area (Å²) in [5.74, 6) is -0.872. The van der Waals surface area contributed by atoms with E-state index in [1.807, 2.05) is 6.92 Å². The van der Waals surface area contributed by atoms with E-state index < -0.39 is 18.6 Å². The zero-order chi connectivity index (χ0) is 15.3. The van der Waals surface area contributed by atoms with Crippen molar-refractivity contribution in [2.75, 3.05) is 13.1 Å². The molecule has 20 heavy (non-hydrogen) atoms. The molecule has 1 aromatic rings. The van der Waals surface area contributed by atoms with E-state index in [4.69, 9.17) is 23.2 Å². The Hall–Kier alpha value is -1.01. The maximum absolute atomic E-state index is 12.5. The largest absolute Gasteiger partial charge is 0.406 e. The predicted octanol–water partition coefficient (Wildman–Crippen LogP) is 4.19. The summed E-state index contributed by atoms with van der Waals surface area (Å²) in [5.41, 5.74) is -0.264. The Balaban J connectivity index is 2.99. The Labute approximate surface area is 124 Å². The molecule has 3 nitrogen and oxygen atoms in total. The van der Waals surface area contributed by atoms with Gasteiger partial charge < -0.3 is 4.90 Å². The van der Waals surface area contributed by atoms with Crippen molar-refractivity contribution in [1.29, 1.82) is 0 Å². The van der Waals surface area contributed by atoms with Gasteiger partial charge in [0, 0.05) is 6.54 Å². The first-order valence-electron chi connectivity index (χ1n) is 5.92. The van der Waals surface area contributed by atoms with Gasteiger partial charge in [0.2, 0.25) is 0 Å². The van der Waals surface area contributed by atoms with E-state index in [0.29, 0.717) is 17.7 Å². The van der Waals surface area contributed by atoms with Gasteiger partial charge in [-0.1, -0.05) is 36.5 Å². The molecule has 0 saturated heterocycles. The number of aromatic nitrogens is 1. The minimum atomic E-state index is -4.48. The SMILES string of the molecule is CCCCN(CC(F)(F)F)C(=O)c1nc(Cl)ccc1Cl. The van der Waals surface area contributed by atoms with Crippen LogP contribution in [0.3, 0.4) is 0 Å². The number of unbranched alkanes of at least 4 members (excludes halogenated alkanes) is 1. The molecule has 0 N–H and O–H groups in total. The Bertz CT molecular complexity index is 480. The third-order valence-electron chi connectivity index (χ3n) is 2.45. The molecule has 1 heterocycles. The summed E-state index contributed by atoms with van der Waals surface area (Å²) in [5, 5.41) is -0.0247. The number of alkyl halides is 3. The molecule has 0 unspecified atom stereocenters. The van der Waals surface area contributed by atoms with Gasteiger partial charge >= 0.3 is 6.18 Å². The lowest BCUT2D eigenvalue weighted by atomic mass is 10.2. The van der Waals surface area contributed by atoms with E-state index >= 15 is 0 Å². The molecular formula is C12H13Cl2F3N2O. The third kappa shape index (κ3) is 5.17. The van der Waals surface area contributed by atoms with Crippen LogP contribution < -0.4 is 0 Å². The molecule has 1 amide bonds. The van der Waals surface area contributed by atoms with Gasteiger partial charge in [-0.25, -0.2) is 4.98 Å². The van der Waals surface area contributed by atoms with Crippen LogP contribution in [0.1, 0.15) is 30.3 Å². The van der Waals surface area contributed by atoms with Gasteiger partial charge in [-0.15, -0.1) is 0 Å². The van der Waals surface area contributed by atoms with E-state index in [1.54, 1.807) is 0 Å². The highest BCUT2D eigenvalue weighted by molar-refractivity contribution is 6.34. The molecule has 0 saturated carbocycles. The van der Waals surface area contributed by atoms with Gasteiger partial charge in [0.15, 0.2) is 0 Å². The quantitative estimate of drug-likeness (QED) is 0.759. The van der Waals surface area contributed by atoms with Crippen LogP contribution in [0.2, 0.25) is 10.2 Å². The van der Waals surface area contributed by atoms with Gasteiger partial charge in [-0.3, -0.25) is 4.79 Å². The van der Waals surface area contributed by atoms with Gasteiger partial charge in [0.1, 0.15) is 17.4 Å². The molecule has 0 radical (unpaired) electrons. The van der Waals surface area contributed by atoms with Crippen molar-refractivity contribution in [2.24, 2.45) is 0 Å². The van der Waals surface area contributed by atoms with Crippen molar-refractivity contribution in [3.63, 3.8) is 0 Å². The lowest BCUT2D eigenvalue weighted by Gasteiger charge is -2.23. The van der Waals surface area contributed by atoms with Crippen LogP contribution in [0, 0.1) is 0 Å². The normalized spacial score (nSPS) is 11.5. The Morgan fingerprint density at radius 2 is 2.00 bits per heavy atom. The molecule has 0 bridgehead atoms. The van der Waals surface area contributed by atoms with E-state index in [0.717, 1.165) is 0 Å². The van der Waals surface area contributed by atoms with Crippen LogP contribution in [0.25, 0.3) is 0 Å². The number of carbonyl (C=O) groups is 1. The van der Waals surface area contributed by atoms with Crippen LogP contribution in [0.15, 0.2) is 12.1 Å². The summed E-state index contributed by atoms with van der Waals surface area (Å²) in [6.07, 6.45) is -3.35. The maximum Gasteiger partial charge on any atom is 0.406 e. The van der Waals surface area contributed by atoms with E-state index in [9.17, 15) is 18.0 Å². The fourth-order valence-corrected chi connectivity index (χ4v) is 1.87. The van der Waals surface area contributed by atoms with Crippen molar-refractivity contribution < 1.29 is 18.0 Å². The van der Waals surface area contributed by atoms with Crippen molar-refractivity contribution >= 4 is 29.1 Å². The lowest BCUT2D eigenvalue weighted by molar-refractivity contribution is -0.140. The summed E-state index contributed by atoms with van der Waals surface area (Å²) < 4.78 is 37.5. The minimum absolute atomic E-state index is 0.000185. The highest BCUT2D eigenvalue weighted by atomic mass is 35.5. The molecule has 0 fully saturated rings. The summed E-state index contributed by atoms with van der Waals surface area (Å²) >= 11 is 11.4. The second-order valence-corrected chi connectivity index (χ2v) is 4.95. The third-order valence-corrected chi connectivity index (χ3v) is 2.97. The van der Waals surface area contributed by atoms with Crippen LogP contribution in [-0.4, -0.2) is 35.1 Å². The standard InChI is InChI=1S/C12H13Cl2F3N2O/c1-2-3-6-19(7-12(15,16)17)11(20)10-8(13)4-5-9(14)18-10/h4-5H,2-3,6-7H2,1H3. The number of hydrogen-bond donors (Lipinski definition) is 0. The summed E-state index contributed by atoms with van der Waals surface area (Å²) in [6.45, 7) is 0.469.